The molecule has 3 rings (SSSR count). The van der Waals surface area contributed by atoms with Gasteiger partial charge in [0, 0.05) is 11.8 Å². The Hall–Kier alpha value is -3.82. The number of aryl methyl sites for hydroxylation is 1. The van der Waals surface area contributed by atoms with Gasteiger partial charge in [0.25, 0.3) is 5.56 Å². The first-order valence-electron chi connectivity index (χ1n) is 9.08. The number of H-pyrrole nitrogens is 1. The molecule has 0 aliphatic heterocycles. The first kappa shape index (κ1) is 21.9. The van der Waals surface area contributed by atoms with E-state index in [1.54, 1.807) is 31.2 Å². The van der Waals surface area contributed by atoms with Crippen molar-refractivity contribution >= 4 is 12.2 Å². The van der Waals surface area contributed by atoms with Crippen LogP contribution in [0.3, 0.4) is 0 Å². The lowest BCUT2D eigenvalue weighted by Crippen LogP contribution is -2.10. The standard InChI is InChI=1S/C21H19F3N4O3/c1-13-8-19(29)27-20(26-13)28-25-11-14-6-7-17(18(10-14)30-2)31-12-15-4-3-5-16(9-15)21(22,23)24/h3-11H,12H2,1-2H3,(H2,26,27,28,29). The van der Waals surface area contributed by atoms with E-state index in [2.05, 4.69) is 20.5 Å². The van der Waals surface area contributed by atoms with Gasteiger partial charge in [-0.25, -0.2) is 10.4 Å². The van der Waals surface area contributed by atoms with E-state index in [0.717, 1.165) is 12.1 Å². The molecule has 0 spiro atoms. The van der Waals surface area contributed by atoms with Crippen LogP contribution in [0, 0.1) is 6.92 Å². The zero-order valence-electron chi connectivity index (χ0n) is 16.7. The fourth-order valence-electron chi connectivity index (χ4n) is 2.68. The third kappa shape index (κ3) is 6.08. The molecule has 7 nitrogen and oxygen atoms in total. The van der Waals surface area contributed by atoms with Gasteiger partial charge in [-0.1, -0.05) is 12.1 Å². The molecule has 3 aromatic rings. The number of ether oxygens (including phenoxy) is 2. The summed E-state index contributed by atoms with van der Waals surface area (Å²) in [5.74, 6) is 0.960. The summed E-state index contributed by atoms with van der Waals surface area (Å²) >= 11 is 0. The van der Waals surface area contributed by atoms with Gasteiger partial charge in [0.05, 0.1) is 18.9 Å². The molecule has 0 saturated carbocycles. The van der Waals surface area contributed by atoms with Gasteiger partial charge in [-0.2, -0.15) is 18.3 Å². The van der Waals surface area contributed by atoms with E-state index >= 15 is 0 Å². The Labute approximate surface area is 175 Å². The van der Waals surface area contributed by atoms with Gasteiger partial charge in [-0.3, -0.25) is 9.78 Å². The molecule has 0 saturated heterocycles. The molecule has 0 fully saturated rings. The van der Waals surface area contributed by atoms with Crippen LogP contribution in [0.2, 0.25) is 0 Å². The van der Waals surface area contributed by atoms with Gasteiger partial charge < -0.3 is 9.47 Å². The molecule has 0 bridgehead atoms. The number of hydrogen-bond donors (Lipinski definition) is 2. The van der Waals surface area contributed by atoms with Crippen molar-refractivity contribution in [2.45, 2.75) is 19.7 Å². The van der Waals surface area contributed by atoms with Crippen molar-refractivity contribution < 1.29 is 22.6 Å². The lowest BCUT2D eigenvalue weighted by atomic mass is 10.1. The maximum Gasteiger partial charge on any atom is 0.416 e. The summed E-state index contributed by atoms with van der Waals surface area (Å²) in [6.45, 7) is 1.63. The Morgan fingerprint density at radius 3 is 2.68 bits per heavy atom. The number of halogens is 3. The zero-order valence-corrected chi connectivity index (χ0v) is 16.7. The number of alkyl halides is 3. The van der Waals surface area contributed by atoms with Crippen molar-refractivity contribution in [2.24, 2.45) is 5.10 Å². The van der Waals surface area contributed by atoms with Crippen molar-refractivity contribution in [2.75, 3.05) is 12.5 Å². The van der Waals surface area contributed by atoms with Crippen LogP contribution in [0.15, 0.2) is 58.4 Å². The number of anilines is 1. The van der Waals surface area contributed by atoms with Crippen molar-refractivity contribution in [3.63, 3.8) is 0 Å². The third-order valence-electron chi connectivity index (χ3n) is 4.09. The van der Waals surface area contributed by atoms with E-state index in [-0.39, 0.29) is 18.1 Å². The third-order valence-corrected chi connectivity index (χ3v) is 4.09. The maximum atomic E-state index is 12.8. The molecule has 1 heterocycles. The molecule has 0 atom stereocenters. The van der Waals surface area contributed by atoms with Crippen LogP contribution in [-0.2, 0) is 12.8 Å². The largest absolute Gasteiger partial charge is 0.493 e. The molecule has 31 heavy (non-hydrogen) atoms. The molecular weight excluding hydrogens is 413 g/mol. The number of hydrogen-bond acceptors (Lipinski definition) is 6. The second-order valence-electron chi connectivity index (χ2n) is 6.50. The Balaban J connectivity index is 1.68. The fraction of sp³-hybridized carbons (Fsp3) is 0.190. The summed E-state index contributed by atoms with van der Waals surface area (Å²) < 4.78 is 49.5. The van der Waals surface area contributed by atoms with E-state index in [4.69, 9.17) is 9.47 Å². The van der Waals surface area contributed by atoms with Crippen LogP contribution in [0.25, 0.3) is 0 Å². The second-order valence-corrected chi connectivity index (χ2v) is 6.50. The SMILES string of the molecule is COc1cc(C=NNc2nc(C)cc(=O)[nH]2)ccc1OCc1cccc(C(F)(F)F)c1. The smallest absolute Gasteiger partial charge is 0.416 e. The lowest BCUT2D eigenvalue weighted by Gasteiger charge is -2.12. The Morgan fingerprint density at radius 1 is 1.16 bits per heavy atom. The highest BCUT2D eigenvalue weighted by Crippen LogP contribution is 2.31. The highest BCUT2D eigenvalue weighted by molar-refractivity contribution is 5.81. The molecule has 0 aliphatic carbocycles. The topological polar surface area (TPSA) is 88.6 Å². The Bertz CT molecular complexity index is 1140. The van der Waals surface area contributed by atoms with Crippen molar-refractivity contribution in [3.8, 4) is 11.5 Å². The minimum atomic E-state index is -4.41. The van der Waals surface area contributed by atoms with E-state index in [1.165, 1.54) is 25.5 Å². The van der Waals surface area contributed by atoms with Crippen LogP contribution in [0.5, 0.6) is 11.5 Å². The Kier molecular flexibility index (Phi) is 6.58. The predicted molar refractivity (Wildman–Crippen MR) is 110 cm³/mol. The first-order valence-corrected chi connectivity index (χ1v) is 9.08. The summed E-state index contributed by atoms with van der Waals surface area (Å²) in [6, 6.07) is 11.3. The number of nitrogens with one attached hydrogen (secondary N) is 2. The molecule has 0 radical (unpaired) electrons. The second kappa shape index (κ2) is 9.33. The summed E-state index contributed by atoms with van der Waals surface area (Å²) in [5.41, 5.74) is 3.19. The molecule has 0 unspecified atom stereocenters. The van der Waals surface area contributed by atoms with Crippen LogP contribution in [0.1, 0.15) is 22.4 Å². The van der Waals surface area contributed by atoms with Gasteiger partial charge in [0.15, 0.2) is 11.5 Å². The maximum absolute atomic E-state index is 12.8. The van der Waals surface area contributed by atoms with Crippen LogP contribution < -0.4 is 20.5 Å². The van der Waals surface area contributed by atoms with E-state index in [1.807, 2.05) is 0 Å². The molecule has 10 heteroatoms. The van der Waals surface area contributed by atoms with Crippen molar-refractivity contribution in [3.05, 3.63) is 81.3 Å². The molecule has 2 N–H and O–H groups in total. The van der Waals surface area contributed by atoms with E-state index < -0.39 is 11.7 Å². The molecule has 0 amide bonds. The van der Waals surface area contributed by atoms with Crippen molar-refractivity contribution in [1.82, 2.24) is 9.97 Å². The number of rotatable bonds is 7. The zero-order chi connectivity index (χ0) is 22.4. The average Bonchev–Trinajstić information content (AvgIpc) is 2.71. The number of methoxy groups -OCH3 is 1. The number of nitrogens with zero attached hydrogens (tertiary/aromatic N) is 2. The van der Waals surface area contributed by atoms with Crippen LogP contribution in [0.4, 0.5) is 19.1 Å². The number of benzene rings is 2. The van der Waals surface area contributed by atoms with Gasteiger partial charge in [-0.05, 0) is 48.4 Å². The molecule has 0 aliphatic rings. The lowest BCUT2D eigenvalue weighted by molar-refractivity contribution is -0.137. The van der Waals surface area contributed by atoms with Gasteiger partial charge in [0.2, 0.25) is 5.95 Å². The molecular formula is C21H19F3N4O3. The van der Waals surface area contributed by atoms with Crippen molar-refractivity contribution in [1.29, 1.82) is 0 Å². The average molecular weight is 432 g/mol. The highest BCUT2D eigenvalue weighted by Gasteiger charge is 2.30. The molecule has 2 aromatic carbocycles. The first-order chi connectivity index (χ1) is 14.7. The minimum Gasteiger partial charge on any atom is -0.493 e. The minimum absolute atomic E-state index is 0.0539. The summed E-state index contributed by atoms with van der Waals surface area (Å²) in [5, 5.41) is 4.01. The number of hydrazone groups is 1. The van der Waals surface area contributed by atoms with Crippen LogP contribution >= 0.6 is 0 Å². The predicted octanol–water partition coefficient (Wildman–Crippen LogP) is 4.13. The quantitative estimate of drug-likeness (QED) is 0.433. The summed E-state index contributed by atoms with van der Waals surface area (Å²) in [7, 11) is 1.45. The normalized spacial score (nSPS) is 11.5. The van der Waals surface area contributed by atoms with Gasteiger partial charge >= 0.3 is 6.18 Å². The molecule has 1 aromatic heterocycles. The van der Waals surface area contributed by atoms with Crippen LogP contribution in [-0.4, -0.2) is 23.3 Å². The fourth-order valence-corrected chi connectivity index (χ4v) is 2.68. The van der Waals surface area contributed by atoms with E-state index in [9.17, 15) is 18.0 Å². The van der Waals surface area contributed by atoms with E-state index in [0.29, 0.717) is 28.3 Å². The summed E-state index contributed by atoms with van der Waals surface area (Å²) in [4.78, 5) is 18.0. The highest BCUT2D eigenvalue weighted by atomic mass is 19.4. The monoisotopic (exact) mass is 432 g/mol. The number of aromatic nitrogens is 2. The number of aromatic amines is 1. The van der Waals surface area contributed by atoms with Gasteiger partial charge in [-0.15, -0.1) is 0 Å². The van der Waals surface area contributed by atoms with Gasteiger partial charge in [0.1, 0.15) is 6.61 Å². The summed E-state index contributed by atoms with van der Waals surface area (Å²) in [6.07, 6.45) is -2.93. The molecule has 162 valence electrons. The Morgan fingerprint density at radius 2 is 1.97 bits per heavy atom.